The average Bonchev–Trinajstić information content (AvgIpc) is 3.45. The predicted octanol–water partition coefficient (Wildman–Crippen LogP) is 1.38. The molecular weight excluding hydrogens is 346 g/mol. The van der Waals surface area contributed by atoms with E-state index in [-0.39, 0.29) is 36.3 Å². The standard InChI is InChI=1S/C17H23NO6S/c1-11-8-13(22-2)14(23-3)9-16(11)25(20,21)18-6-7-24-15(10-18)17(19)12-4-5-12/h8-9,12,15H,4-7,10H2,1-3H3. The molecule has 1 aliphatic carbocycles. The number of Topliss-reactive ketones (excluding diaryl/α,β-unsaturated/α-hetero) is 1. The maximum Gasteiger partial charge on any atom is 0.243 e. The molecule has 1 saturated heterocycles. The van der Waals surface area contributed by atoms with Gasteiger partial charge in [-0.1, -0.05) is 0 Å². The van der Waals surface area contributed by atoms with Crippen LogP contribution in [0.5, 0.6) is 11.5 Å². The maximum atomic E-state index is 13.1. The number of aryl methyl sites for hydroxylation is 1. The first-order valence-electron chi connectivity index (χ1n) is 8.26. The number of carbonyl (C=O) groups excluding carboxylic acids is 1. The Labute approximate surface area is 147 Å². The summed E-state index contributed by atoms with van der Waals surface area (Å²) in [7, 11) is -0.794. The van der Waals surface area contributed by atoms with E-state index in [2.05, 4.69) is 0 Å². The summed E-state index contributed by atoms with van der Waals surface area (Å²) in [6.07, 6.45) is 1.08. The van der Waals surface area contributed by atoms with E-state index in [4.69, 9.17) is 14.2 Å². The summed E-state index contributed by atoms with van der Waals surface area (Å²) in [5.74, 6) is 0.882. The van der Waals surface area contributed by atoms with Gasteiger partial charge in [-0.3, -0.25) is 4.79 Å². The number of hydrogen-bond acceptors (Lipinski definition) is 6. The number of methoxy groups -OCH3 is 2. The molecular formula is C17H23NO6S. The van der Waals surface area contributed by atoms with Crippen molar-refractivity contribution in [2.75, 3.05) is 33.9 Å². The van der Waals surface area contributed by atoms with Crippen LogP contribution in [0, 0.1) is 12.8 Å². The molecule has 0 aromatic heterocycles. The van der Waals surface area contributed by atoms with Crippen LogP contribution in [0.1, 0.15) is 18.4 Å². The van der Waals surface area contributed by atoms with Gasteiger partial charge in [-0.2, -0.15) is 4.31 Å². The summed E-state index contributed by atoms with van der Waals surface area (Å²) in [5.41, 5.74) is 0.564. The molecule has 0 bridgehead atoms. The highest BCUT2D eigenvalue weighted by molar-refractivity contribution is 7.89. The molecule has 0 amide bonds. The van der Waals surface area contributed by atoms with Gasteiger partial charge in [0.2, 0.25) is 10.0 Å². The summed E-state index contributed by atoms with van der Waals surface area (Å²) < 4.78 is 43.5. The van der Waals surface area contributed by atoms with Crippen molar-refractivity contribution in [1.82, 2.24) is 4.31 Å². The Morgan fingerprint density at radius 3 is 2.44 bits per heavy atom. The third-order valence-electron chi connectivity index (χ3n) is 4.63. The number of carbonyl (C=O) groups is 1. The van der Waals surface area contributed by atoms with Gasteiger partial charge in [0.15, 0.2) is 17.3 Å². The van der Waals surface area contributed by atoms with Gasteiger partial charge in [0.05, 0.1) is 25.7 Å². The predicted molar refractivity (Wildman–Crippen MR) is 90.5 cm³/mol. The fraction of sp³-hybridized carbons (Fsp3) is 0.588. The Kier molecular flexibility index (Phi) is 5.04. The van der Waals surface area contributed by atoms with Crippen LogP contribution < -0.4 is 9.47 Å². The number of ketones is 1. The lowest BCUT2D eigenvalue weighted by atomic mass is 10.1. The van der Waals surface area contributed by atoms with Crippen LogP contribution in [-0.4, -0.2) is 58.5 Å². The second kappa shape index (κ2) is 6.93. The fourth-order valence-electron chi connectivity index (χ4n) is 3.03. The van der Waals surface area contributed by atoms with E-state index in [1.807, 2.05) is 0 Å². The van der Waals surface area contributed by atoms with Crippen molar-refractivity contribution >= 4 is 15.8 Å². The smallest absolute Gasteiger partial charge is 0.243 e. The van der Waals surface area contributed by atoms with Gasteiger partial charge in [0.1, 0.15) is 6.10 Å². The van der Waals surface area contributed by atoms with E-state index in [0.29, 0.717) is 17.1 Å². The van der Waals surface area contributed by atoms with Crippen LogP contribution in [0.15, 0.2) is 17.0 Å². The van der Waals surface area contributed by atoms with Gasteiger partial charge >= 0.3 is 0 Å². The van der Waals surface area contributed by atoms with Gasteiger partial charge in [-0.05, 0) is 31.4 Å². The first-order valence-corrected chi connectivity index (χ1v) is 9.70. The van der Waals surface area contributed by atoms with Crippen LogP contribution in [-0.2, 0) is 19.6 Å². The molecule has 1 heterocycles. The number of sulfonamides is 1. The molecule has 7 nitrogen and oxygen atoms in total. The Hall–Kier alpha value is -1.64. The van der Waals surface area contributed by atoms with Crippen molar-refractivity contribution in [1.29, 1.82) is 0 Å². The lowest BCUT2D eigenvalue weighted by molar-refractivity contribution is -0.135. The van der Waals surface area contributed by atoms with Crippen molar-refractivity contribution in [3.8, 4) is 11.5 Å². The summed E-state index contributed by atoms with van der Waals surface area (Å²) in [4.78, 5) is 12.4. The molecule has 0 N–H and O–H groups in total. The van der Waals surface area contributed by atoms with E-state index in [1.165, 1.54) is 24.6 Å². The van der Waals surface area contributed by atoms with Gasteiger partial charge in [0.25, 0.3) is 0 Å². The van der Waals surface area contributed by atoms with Crippen molar-refractivity contribution in [3.05, 3.63) is 17.7 Å². The summed E-state index contributed by atoms with van der Waals surface area (Å²) in [5, 5.41) is 0. The fourth-order valence-corrected chi connectivity index (χ4v) is 4.67. The van der Waals surface area contributed by atoms with E-state index >= 15 is 0 Å². The Balaban J connectivity index is 1.89. The van der Waals surface area contributed by atoms with Crippen LogP contribution in [0.2, 0.25) is 0 Å². The second-order valence-corrected chi connectivity index (χ2v) is 8.28. The zero-order valence-electron chi connectivity index (χ0n) is 14.6. The average molecular weight is 369 g/mol. The minimum atomic E-state index is -3.76. The lowest BCUT2D eigenvalue weighted by Gasteiger charge is -2.32. The zero-order chi connectivity index (χ0) is 18.2. The third kappa shape index (κ3) is 3.51. The van der Waals surface area contributed by atoms with Gasteiger partial charge < -0.3 is 14.2 Å². The molecule has 2 aliphatic rings. The van der Waals surface area contributed by atoms with Crippen molar-refractivity contribution in [2.45, 2.75) is 30.8 Å². The molecule has 2 fully saturated rings. The summed E-state index contributed by atoms with van der Waals surface area (Å²) in [6.45, 7) is 2.22. The molecule has 1 aromatic carbocycles. The number of benzene rings is 1. The largest absolute Gasteiger partial charge is 0.493 e. The van der Waals surface area contributed by atoms with E-state index in [9.17, 15) is 13.2 Å². The van der Waals surface area contributed by atoms with Crippen molar-refractivity contribution < 1.29 is 27.4 Å². The van der Waals surface area contributed by atoms with Gasteiger partial charge in [-0.25, -0.2) is 8.42 Å². The SMILES string of the molecule is COc1cc(C)c(S(=O)(=O)N2CCOC(C(=O)C3CC3)C2)cc1OC. The van der Waals surface area contributed by atoms with Gasteiger partial charge in [0, 0.05) is 25.1 Å². The monoisotopic (exact) mass is 369 g/mol. The molecule has 1 aromatic rings. The van der Waals surface area contributed by atoms with Crippen LogP contribution in [0.3, 0.4) is 0 Å². The lowest BCUT2D eigenvalue weighted by Crippen LogP contribution is -2.49. The molecule has 1 saturated carbocycles. The topological polar surface area (TPSA) is 82.1 Å². The Bertz CT molecular complexity index is 772. The molecule has 1 unspecified atom stereocenters. The summed E-state index contributed by atoms with van der Waals surface area (Å²) in [6, 6.07) is 3.11. The minimum Gasteiger partial charge on any atom is -0.493 e. The first kappa shape index (κ1) is 18.2. The molecule has 3 rings (SSSR count). The zero-order valence-corrected chi connectivity index (χ0v) is 15.5. The molecule has 1 atom stereocenters. The molecule has 25 heavy (non-hydrogen) atoms. The second-order valence-electron chi connectivity index (χ2n) is 6.37. The number of nitrogens with zero attached hydrogens (tertiary/aromatic N) is 1. The Morgan fingerprint density at radius 2 is 1.84 bits per heavy atom. The highest BCUT2D eigenvalue weighted by Gasteiger charge is 2.40. The number of morpholine rings is 1. The van der Waals surface area contributed by atoms with E-state index < -0.39 is 16.1 Å². The quantitative estimate of drug-likeness (QED) is 0.753. The van der Waals surface area contributed by atoms with Crippen molar-refractivity contribution in [3.63, 3.8) is 0 Å². The highest BCUT2D eigenvalue weighted by Crippen LogP contribution is 2.35. The number of rotatable bonds is 6. The van der Waals surface area contributed by atoms with E-state index in [1.54, 1.807) is 13.0 Å². The van der Waals surface area contributed by atoms with Crippen LogP contribution in [0.25, 0.3) is 0 Å². The minimum absolute atomic E-state index is 0.0175. The number of ether oxygens (including phenoxy) is 3. The summed E-state index contributed by atoms with van der Waals surface area (Å²) >= 11 is 0. The molecule has 8 heteroatoms. The molecule has 0 spiro atoms. The van der Waals surface area contributed by atoms with Crippen LogP contribution in [0.4, 0.5) is 0 Å². The highest BCUT2D eigenvalue weighted by atomic mass is 32.2. The maximum absolute atomic E-state index is 13.1. The molecule has 0 radical (unpaired) electrons. The van der Waals surface area contributed by atoms with Crippen molar-refractivity contribution in [2.24, 2.45) is 5.92 Å². The van der Waals surface area contributed by atoms with E-state index in [0.717, 1.165) is 12.8 Å². The third-order valence-corrected chi connectivity index (χ3v) is 6.63. The normalized spacial score (nSPS) is 21.8. The van der Waals surface area contributed by atoms with Gasteiger partial charge in [-0.15, -0.1) is 0 Å². The molecule has 1 aliphatic heterocycles. The number of hydrogen-bond donors (Lipinski definition) is 0. The first-order chi connectivity index (χ1) is 11.9. The van der Waals surface area contributed by atoms with Crippen LogP contribution >= 0.6 is 0 Å². The molecule has 138 valence electrons. The Morgan fingerprint density at radius 1 is 1.20 bits per heavy atom.